The van der Waals surface area contributed by atoms with Crippen LogP contribution >= 0.6 is 0 Å². The Hall–Kier alpha value is -0.570. The highest BCUT2D eigenvalue weighted by Crippen LogP contribution is 2.07. The smallest absolute Gasteiger partial charge is 0.220 e. The lowest BCUT2D eigenvalue weighted by molar-refractivity contribution is -0.122. The van der Waals surface area contributed by atoms with Crippen molar-refractivity contribution in [2.24, 2.45) is 17.6 Å². The van der Waals surface area contributed by atoms with Crippen molar-refractivity contribution in [3.05, 3.63) is 0 Å². The van der Waals surface area contributed by atoms with E-state index in [0.29, 0.717) is 24.8 Å². The normalized spacial score (nSPS) is 17.2. The van der Waals surface area contributed by atoms with Gasteiger partial charge in [0.15, 0.2) is 0 Å². The number of rotatable bonds is 6. The van der Waals surface area contributed by atoms with Crippen molar-refractivity contribution in [2.75, 3.05) is 6.54 Å². The molecular weight excluding hydrogens is 176 g/mol. The second-order valence-corrected chi connectivity index (χ2v) is 4.29. The van der Waals surface area contributed by atoms with Crippen LogP contribution in [0.2, 0.25) is 0 Å². The highest BCUT2D eigenvalue weighted by molar-refractivity contribution is 5.76. The maximum absolute atomic E-state index is 11.5. The molecule has 3 unspecified atom stereocenters. The monoisotopic (exact) mass is 200 g/mol. The summed E-state index contributed by atoms with van der Waals surface area (Å²) < 4.78 is 0. The maximum atomic E-state index is 11.5. The molecule has 3 atom stereocenters. The molecule has 0 aliphatic rings. The quantitative estimate of drug-likeness (QED) is 0.683. The zero-order valence-electron chi connectivity index (χ0n) is 9.84. The fourth-order valence-electron chi connectivity index (χ4n) is 1.12. The molecule has 0 bridgehead atoms. The van der Waals surface area contributed by atoms with Gasteiger partial charge in [-0.15, -0.1) is 0 Å². The van der Waals surface area contributed by atoms with Gasteiger partial charge in [-0.05, 0) is 25.3 Å². The Bertz CT molecular complexity index is 171. The molecule has 0 aromatic rings. The molecule has 0 aromatic heterocycles. The molecule has 0 radical (unpaired) electrons. The van der Waals surface area contributed by atoms with Gasteiger partial charge in [-0.2, -0.15) is 0 Å². The van der Waals surface area contributed by atoms with Crippen LogP contribution in [-0.2, 0) is 4.79 Å². The fraction of sp³-hybridized carbons (Fsp3) is 0.909. The number of hydrogen-bond acceptors (Lipinski definition) is 2. The summed E-state index contributed by atoms with van der Waals surface area (Å²) in [6.07, 6.45) is 1.67. The molecule has 0 rings (SSSR count). The van der Waals surface area contributed by atoms with Gasteiger partial charge in [0, 0.05) is 12.5 Å². The Morgan fingerprint density at radius 3 is 2.36 bits per heavy atom. The summed E-state index contributed by atoms with van der Waals surface area (Å²) >= 11 is 0. The van der Waals surface area contributed by atoms with Crippen LogP contribution < -0.4 is 11.1 Å². The minimum atomic E-state index is 0.146. The van der Waals surface area contributed by atoms with Gasteiger partial charge < -0.3 is 11.1 Å². The van der Waals surface area contributed by atoms with Crippen LogP contribution in [0.3, 0.4) is 0 Å². The molecule has 0 saturated heterocycles. The van der Waals surface area contributed by atoms with Gasteiger partial charge in [-0.1, -0.05) is 27.2 Å². The van der Waals surface area contributed by atoms with Crippen LogP contribution in [0.4, 0.5) is 0 Å². The highest BCUT2D eigenvalue weighted by atomic mass is 16.1. The fourth-order valence-corrected chi connectivity index (χ4v) is 1.12. The van der Waals surface area contributed by atoms with E-state index in [9.17, 15) is 4.79 Å². The molecule has 0 spiro atoms. The molecular formula is C11H24N2O. The third-order valence-electron chi connectivity index (χ3n) is 2.84. The summed E-state index contributed by atoms with van der Waals surface area (Å²) in [5, 5.41) is 2.98. The number of carbonyl (C=O) groups excluding carboxylic acids is 1. The molecule has 0 fully saturated rings. The number of nitrogens with one attached hydrogen (secondary N) is 1. The first-order chi connectivity index (χ1) is 6.51. The number of nitrogens with two attached hydrogens (primary N) is 1. The number of amides is 1. The minimum absolute atomic E-state index is 0.146. The van der Waals surface area contributed by atoms with Gasteiger partial charge in [0.2, 0.25) is 5.91 Å². The van der Waals surface area contributed by atoms with Crippen LogP contribution in [0, 0.1) is 11.8 Å². The Balaban J connectivity index is 3.82. The molecule has 0 heterocycles. The van der Waals surface area contributed by atoms with E-state index in [1.54, 1.807) is 0 Å². The van der Waals surface area contributed by atoms with Gasteiger partial charge in [-0.25, -0.2) is 0 Å². The molecule has 1 amide bonds. The zero-order chi connectivity index (χ0) is 11.1. The summed E-state index contributed by atoms with van der Waals surface area (Å²) in [5.41, 5.74) is 5.52. The minimum Gasteiger partial charge on any atom is -0.353 e. The van der Waals surface area contributed by atoms with Gasteiger partial charge in [-0.3, -0.25) is 4.79 Å². The van der Waals surface area contributed by atoms with Crippen molar-refractivity contribution in [2.45, 2.75) is 46.6 Å². The Morgan fingerprint density at radius 2 is 1.93 bits per heavy atom. The predicted octanol–water partition coefficient (Wildman–Crippen LogP) is 1.52. The molecule has 0 aliphatic heterocycles. The first-order valence-electron chi connectivity index (χ1n) is 5.50. The maximum Gasteiger partial charge on any atom is 0.220 e. The van der Waals surface area contributed by atoms with Crippen LogP contribution in [0.1, 0.15) is 40.5 Å². The van der Waals surface area contributed by atoms with Gasteiger partial charge in [0.05, 0.1) is 0 Å². The highest BCUT2D eigenvalue weighted by Gasteiger charge is 2.14. The lowest BCUT2D eigenvalue weighted by atomic mass is 10.0. The lowest BCUT2D eigenvalue weighted by Crippen LogP contribution is -2.40. The van der Waals surface area contributed by atoms with E-state index in [1.165, 1.54) is 0 Å². The molecule has 14 heavy (non-hydrogen) atoms. The summed E-state index contributed by atoms with van der Waals surface area (Å²) in [6.45, 7) is 8.87. The van der Waals surface area contributed by atoms with Gasteiger partial charge >= 0.3 is 0 Å². The van der Waals surface area contributed by atoms with Crippen molar-refractivity contribution in [3.8, 4) is 0 Å². The van der Waals surface area contributed by atoms with Crippen LogP contribution in [-0.4, -0.2) is 18.5 Å². The average Bonchev–Trinajstić information content (AvgIpc) is 2.15. The molecule has 3 nitrogen and oxygen atoms in total. The first-order valence-corrected chi connectivity index (χ1v) is 5.50. The predicted molar refractivity (Wildman–Crippen MR) is 59.9 cm³/mol. The molecule has 3 N–H and O–H groups in total. The van der Waals surface area contributed by atoms with E-state index < -0.39 is 0 Å². The van der Waals surface area contributed by atoms with Gasteiger partial charge in [0.25, 0.3) is 0 Å². The SMILES string of the molecule is CCC(C)CC(=O)NC(C)C(C)CN. The lowest BCUT2D eigenvalue weighted by Gasteiger charge is -2.20. The van der Waals surface area contributed by atoms with E-state index >= 15 is 0 Å². The summed E-state index contributed by atoms with van der Waals surface area (Å²) in [4.78, 5) is 11.5. The molecule has 0 aromatic carbocycles. The Labute approximate surface area is 87.4 Å². The van der Waals surface area contributed by atoms with Crippen molar-refractivity contribution in [1.82, 2.24) is 5.32 Å². The van der Waals surface area contributed by atoms with Gasteiger partial charge in [0.1, 0.15) is 0 Å². The second kappa shape index (κ2) is 6.82. The van der Waals surface area contributed by atoms with Crippen LogP contribution in [0.25, 0.3) is 0 Å². The summed E-state index contributed by atoms with van der Waals surface area (Å²) in [6, 6.07) is 0.177. The average molecular weight is 200 g/mol. The van der Waals surface area contributed by atoms with Crippen molar-refractivity contribution in [1.29, 1.82) is 0 Å². The largest absolute Gasteiger partial charge is 0.353 e. The number of carbonyl (C=O) groups is 1. The van der Waals surface area contributed by atoms with Crippen molar-refractivity contribution >= 4 is 5.91 Å². The van der Waals surface area contributed by atoms with E-state index in [1.807, 2.05) is 13.8 Å². The standard InChI is InChI=1S/C11H24N2O/c1-5-8(2)6-11(14)13-10(4)9(3)7-12/h8-10H,5-7,12H2,1-4H3,(H,13,14). The van der Waals surface area contributed by atoms with E-state index in [4.69, 9.17) is 5.73 Å². The molecule has 84 valence electrons. The molecule has 0 saturated carbocycles. The molecule has 3 heteroatoms. The third kappa shape index (κ3) is 5.22. The molecule has 0 aliphatic carbocycles. The topological polar surface area (TPSA) is 55.1 Å². The van der Waals surface area contributed by atoms with E-state index in [2.05, 4.69) is 19.2 Å². The summed E-state index contributed by atoms with van der Waals surface area (Å²) in [5.74, 6) is 0.957. The number of hydrogen-bond donors (Lipinski definition) is 2. The summed E-state index contributed by atoms with van der Waals surface area (Å²) in [7, 11) is 0. The second-order valence-electron chi connectivity index (χ2n) is 4.29. The zero-order valence-corrected chi connectivity index (χ0v) is 9.84. The first kappa shape index (κ1) is 13.4. The van der Waals surface area contributed by atoms with E-state index in [-0.39, 0.29) is 11.9 Å². The van der Waals surface area contributed by atoms with E-state index in [0.717, 1.165) is 6.42 Å². The van der Waals surface area contributed by atoms with Crippen LogP contribution in [0.15, 0.2) is 0 Å². The van der Waals surface area contributed by atoms with Crippen molar-refractivity contribution < 1.29 is 4.79 Å². The van der Waals surface area contributed by atoms with Crippen LogP contribution in [0.5, 0.6) is 0 Å². The Morgan fingerprint density at radius 1 is 1.36 bits per heavy atom. The Kier molecular flexibility index (Phi) is 6.54. The third-order valence-corrected chi connectivity index (χ3v) is 2.84. The van der Waals surface area contributed by atoms with Crippen molar-refractivity contribution in [3.63, 3.8) is 0 Å².